The number of benzene rings is 2. The number of nitrogens with zero attached hydrogens (tertiary/aromatic N) is 2. The monoisotopic (exact) mass is 534 g/mol. The number of anilines is 1. The summed E-state index contributed by atoms with van der Waals surface area (Å²) in [5.41, 5.74) is 6.65. The minimum absolute atomic E-state index is 0.342. The fourth-order valence-corrected chi connectivity index (χ4v) is 5.18. The molecule has 9 heteroatoms. The molecule has 4 N–H and O–H groups in total. The van der Waals surface area contributed by atoms with Gasteiger partial charge in [0, 0.05) is 30.4 Å². The van der Waals surface area contributed by atoms with Gasteiger partial charge in [0.05, 0.1) is 10.4 Å². The molecular formula is C29H25F3N4OS. The van der Waals surface area contributed by atoms with Crippen molar-refractivity contribution in [2.45, 2.75) is 37.1 Å². The van der Waals surface area contributed by atoms with Gasteiger partial charge in [-0.3, -0.25) is 4.98 Å². The summed E-state index contributed by atoms with van der Waals surface area (Å²) in [5.74, 6) is 6.05. The Morgan fingerprint density at radius 2 is 1.95 bits per heavy atom. The van der Waals surface area contributed by atoms with Gasteiger partial charge in [0.15, 0.2) is 5.13 Å². The van der Waals surface area contributed by atoms with Crippen molar-refractivity contribution < 1.29 is 18.3 Å². The highest BCUT2D eigenvalue weighted by Crippen LogP contribution is 2.35. The summed E-state index contributed by atoms with van der Waals surface area (Å²) in [5, 5.41) is 16.6. The van der Waals surface area contributed by atoms with Gasteiger partial charge in [0.1, 0.15) is 11.3 Å². The zero-order valence-electron chi connectivity index (χ0n) is 20.3. The summed E-state index contributed by atoms with van der Waals surface area (Å²) < 4.78 is 38.5. The van der Waals surface area contributed by atoms with E-state index in [9.17, 15) is 18.3 Å². The number of thiazole rings is 1. The summed E-state index contributed by atoms with van der Waals surface area (Å²) in [6.07, 6.45) is 4.55. The number of nitrogens with two attached hydrogens (primary N) is 1. The summed E-state index contributed by atoms with van der Waals surface area (Å²) in [6.45, 7) is 0.372. The fourth-order valence-electron chi connectivity index (χ4n) is 4.26. The Balaban J connectivity index is 1.35. The number of allylic oxidation sites excluding steroid dienone is 1. The molecule has 0 fully saturated rings. The number of rotatable bonds is 6. The summed E-state index contributed by atoms with van der Waals surface area (Å²) in [7, 11) is 0. The predicted octanol–water partition coefficient (Wildman–Crippen LogP) is 5.79. The third-order valence-corrected chi connectivity index (χ3v) is 7.37. The molecule has 2 atom stereocenters. The molecule has 2 aromatic carbocycles. The van der Waals surface area contributed by atoms with E-state index in [-0.39, 0.29) is 6.04 Å². The largest absolute Gasteiger partial charge is 0.416 e. The Morgan fingerprint density at radius 3 is 2.68 bits per heavy atom. The van der Waals surface area contributed by atoms with Crippen LogP contribution in [0.5, 0.6) is 0 Å². The van der Waals surface area contributed by atoms with Crippen LogP contribution < -0.4 is 11.1 Å². The molecule has 0 bridgehead atoms. The second-order valence-corrected chi connectivity index (χ2v) is 10.3. The smallest absolute Gasteiger partial charge is 0.374 e. The van der Waals surface area contributed by atoms with Crippen molar-refractivity contribution in [1.29, 1.82) is 0 Å². The van der Waals surface area contributed by atoms with Crippen LogP contribution in [0.2, 0.25) is 0 Å². The molecule has 1 aliphatic carbocycles. The second-order valence-electron chi connectivity index (χ2n) is 9.29. The average molecular weight is 535 g/mol. The first-order valence-corrected chi connectivity index (χ1v) is 12.9. The first kappa shape index (κ1) is 25.9. The van der Waals surface area contributed by atoms with Gasteiger partial charge in [-0.1, -0.05) is 47.6 Å². The maximum absolute atomic E-state index is 12.8. The quantitative estimate of drug-likeness (QED) is 0.215. The topological polar surface area (TPSA) is 84.1 Å². The molecule has 0 radical (unpaired) electrons. The molecule has 0 amide bonds. The van der Waals surface area contributed by atoms with Crippen molar-refractivity contribution in [1.82, 2.24) is 9.97 Å². The molecule has 0 saturated carbocycles. The lowest BCUT2D eigenvalue weighted by Gasteiger charge is -2.13. The van der Waals surface area contributed by atoms with Gasteiger partial charge < -0.3 is 16.2 Å². The molecule has 5 nitrogen and oxygen atoms in total. The number of halogens is 3. The zero-order valence-corrected chi connectivity index (χ0v) is 21.1. The van der Waals surface area contributed by atoms with E-state index in [2.05, 4.69) is 33.2 Å². The third kappa shape index (κ3) is 6.05. The number of nitrogens with one attached hydrogen (secondary N) is 1. The maximum atomic E-state index is 12.8. The van der Waals surface area contributed by atoms with Crippen LogP contribution in [0.4, 0.5) is 18.3 Å². The molecule has 1 aliphatic rings. The number of fused-ring (bicyclic) bond motifs is 1. The second kappa shape index (κ2) is 10.6. The maximum Gasteiger partial charge on any atom is 0.416 e. The summed E-state index contributed by atoms with van der Waals surface area (Å²) >= 11 is 1.43. The summed E-state index contributed by atoms with van der Waals surface area (Å²) in [6, 6.07) is 12.7. The Kier molecular flexibility index (Phi) is 7.21. The third-order valence-electron chi connectivity index (χ3n) is 6.31. The van der Waals surface area contributed by atoms with E-state index >= 15 is 0 Å². The van der Waals surface area contributed by atoms with Crippen LogP contribution in [0, 0.1) is 11.8 Å². The molecule has 194 valence electrons. The minimum Gasteiger partial charge on any atom is -0.374 e. The van der Waals surface area contributed by atoms with Crippen LogP contribution in [0.1, 0.15) is 29.7 Å². The Morgan fingerprint density at radius 1 is 1.13 bits per heavy atom. The standard InChI is InChI=1S/C29H25F3N4OS/c30-29(31,32)23-7-3-19(4-8-23)15-24(33)18-35-27-36-25(9-13-28(37)11-1-2-12-28)26(38-27)21-5-6-22-17-34-14-10-20(22)16-21/h1,3-8,10-11,14,16-17,24,37H,2,12,15,18,33H2,(H,35,36)/t24-,28?/m0/s1. The number of hydrogen-bond donors (Lipinski definition) is 3. The van der Waals surface area contributed by atoms with E-state index in [1.165, 1.54) is 23.5 Å². The molecule has 0 aliphatic heterocycles. The van der Waals surface area contributed by atoms with Crippen LogP contribution in [-0.4, -0.2) is 33.3 Å². The highest BCUT2D eigenvalue weighted by atomic mass is 32.1. The van der Waals surface area contributed by atoms with E-state index < -0.39 is 17.3 Å². The van der Waals surface area contributed by atoms with E-state index in [1.54, 1.807) is 18.5 Å². The Hall–Kier alpha value is -3.71. The molecule has 0 saturated heterocycles. The highest BCUT2D eigenvalue weighted by Gasteiger charge is 2.30. The normalized spacial score (nSPS) is 17.8. The van der Waals surface area contributed by atoms with Crippen molar-refractivity contribution in [3.05, 3.63) is 89.9 Å². The van der Waals surface area contributed by atoms with Gasteiger partial charge >= 0.3 is 6.18 Å². The average Bonchev–Trinajstić information content (AvgIpc) is 3.52. The molecule has 2 aromatic heterocycles. The van der Waals surface area contributed by atoms with Crippen molar-refractivity contribution in [3.8, 4) is 22.3 Å². The lowest BCUT2D eigenvalue weighted by molar-refractivity contribution is -0.137. The SMILES string of the molecule is N[C@H](CNc1nc(C#CC2(O)C=CCC2)c(-c2ccc3cnccc3c2)s1)Cc1ccc(C(F)(F)F)cc1. The molecule has 2 heterocycles. The summed E-state index contributed by atoms with van der Waals surface area (Å²) in [4.78, 5) is 9.71. The number of pyridine rings is 1. The predicted molar refractivity (Wildman–Crippen MR) is 145 cm³/mol. The van der Waals surface area contributed by atoms with Gasteiger partial charge in [0.2, 0.25) is 0 Å². The van der Waals surface area contributed by atoms with Crippen molar-refractivity contribution in [3.63, 3.8) is 0 Å². The van der Waals surface area contributed by atoms with Crippen LogP contribution in [0.25, 0.3) is 21.2 Å². The lowest BCUT2D eigenvalue weighted by Crippen LogP contribution is -2.31. The molecule has 38 heavy (non-hydrogen) atoms. The molecule has 0 spiro atoms. The van der Waals surface area contributed by atoms with Crippen molar-refractivity contribution in [2.24, 2.45) is 5.73 Å². The highest BCUT2D eigenvalue weighted by molar-refractivity contribution is 7.19. The number of alkyl halides is 3. The minimum atomic E-state index is -4.36. The van der Waals surface area contributed by atoms with Crippen molar-refractivity contribution >= 4 is 27.2 Å². The van der Waals surface area contributed by atoms with Gasteiger partial charge in [-0.15, -0.1) is 0 Å². The van der Waals surface area contributed by atoms with E-state index in [4.69, 9.17) is 5.73 Å². The van der Waals surface area contributed by atoms with Crippen LogP contribution >= 0.6 is 11.3 Å². The molecular weight excluding hydrogens is 509 g/mol. The van der Waals surface area contributed by atoms with E-state index in [0.29, 0.717) is 30.2 Å². The number of aromatic nitrogens is 2. The van der Waals surface area contributed by atoms with E-state index in [0.717, 1.165) is 45.3 Å². The van der Waals surface area contributed by atoms with Crippen LogP contribution in [-0.2, 0) is 12.6 Å². The number of aliphatic hydroxyl groups is 1. The van der Waals surface area contributed by atoms with Gasteiger partial charge in [-0.05, 0) is 72.0 Å². The Bertz CT molecular complexity index is 1540. The first-order valence-electron chi connectivity index (χ1n) is 12.1. The molecule has 1 unspecified atom stereocenters. The first-order chi connectivity index (χ1) is 18.2. The van der Waals surface area contributed by atoms with E-state index in [1.807, 2.05) is 24.3 Å². The zero-order chi connectivity index (χ0) is 26.8. The van der Waals surface area contributed by atoms with Crippen LogP contribution in [0.3, 0.4) is 0 Å². The molecule has 5 rings (SSSR count). The lowest BCUT2D eigenvalue weighted by atomic mass is 10.0. The Labute approximate surface area is 222 Å². The van der Waals surface area contributed by atoms with Gasteiger partial charge in [0.25, 0.3) is 0 Å². The van der Waals surface area contributed by atoms with Gasteiger partial charge in [-0.25, -0.2) is 4.98 Å². The fraction of sp³-hybridized carbons (Fsp3) is 0.241. The van der Waals surface area contributed by atoms with Gasteiger partial charge in [-0.2, -0.15) is 13.2 Å². The van der Waals surface area contributed by atoms with Crippen molar-refractivity contribution in [2.75, 3.05) is 11.9 Å². The van der Waals surface area contributed by atoms with Crippen LogP contribution in [0.15, 0.2) is 73.1 Å². The molecule has 4 aromatic rings. The number of hydrogen-bond acceptors (Lipinski definition) is 6.